The first-order valence-corrected chi connectivity index (χ1v) is 18.9. The molecule has 0 spiro atoms. The number of hydrogen-bond acceptors (Lipinski definition) is 9. The third kappa shape index (κ3) is 11.8. The summed E-state index contributed by atoms with van der Waals surface area (Å²) in [6.07, 6.45) is 3.88. The minimum absolute atomic E-state index is 0.0610. The summed E-state index contributed by atoms with van der Waals surface area (Å²) in [5.74, 6) is -3.15. The zero-order chi connectivity index (χ0) is 39.4. The van der Waals surface area contributed by atoms with Crippen molar-refractivity contribution in [2.75, 3.05) is 79.5 Å². The Morgan fingerprint density at radius 3 is 2.06 bits per heavy atom. The highest BCUT2D eigenvalue weighted by Crippen LogP contribution is 2.29. The molecule has 0 bridgehead atoms. The molecule has 2 fully saturated rings. The van der Waals surface area contributed by atoms with Crippen LogP contribution in [0, 0.1) is 17.6 Å². The number of benzene rings is 1. The van der Waals surface area contributed by atoms with Crippen LogP contribution in [0.4, 0.5) is 13.6 Å². The lowest BCUT2D eigenvalue weighted by atomic mass is 9.83. The number of likely N-dealkylation sites (N-methyl/N-ethyl adjacent to an activating group) is 1. The average molecular weight is 766 g/mol. The Labute approximate surface area is 316 Å². The zero-order valence-corrected chi connectivity index (χ0v) is 32.2. The number of amides is 4. The van der Waals surface area contributed by atoms with Gasteiger partial charge in [-0.05, 0) is 58.6 Å². The summed E-state index contributed by atoms with van der Waals surface area (Å²) in [5.41, 5.74) is -0.142. The van der Waals surface area contributed by atoms with Gasteiger partial charge in [0.25, 0.3) is 5.91 Å². The Hall–Kier alpha value is -3.86. The Morgan fingerprint density at radius 2 is 1.44 bits per heavy atom. The van der Waals surface area contributed by atoms with E-state index in [4.69, 9.17) is 24.1 Å². The van der Waals surface area contributed by atoms with Crippen molar-refractivity contribution in [2.24, 2.45) is 5.92 Å². The molecule has 54 heavy (non-hydrogen) atoms. The molecule has 14 nitrogen and oxygen atoms in total. The second-order valence-corrected chi connectivity index (χ2v) is 14.8. The molecule has 2 aromatic rings. The maximum atomic E-state index is 14.4. The summed E-state index contributed by atoms with van der Waals surface area (Å²) < 4.78 is 51.9. The van der Waals surface area contributed by atoms with Crippen LogP contribution in [0.2, 0.25) is 0 Å². The van der Waals surface area contributed by atoms with E-state index in [1.807, 2.05) is 0 Å². The highest BCUT2D eigenvalue weighted by Gasteiger charge is 2.38. The largest absolute Gasteiger partial charge is 0.444 e. The molecule has 4 amide bonds. The van der Waals surface area contributed by atoms with Gasteiger partial charge >= 0.3 is 6.09 Å². The number of carbonyl (C=O) groups is 4. The highest BCUT2D eigenvalue weighted by molar-refractivity contribution is 5.99. The van der Waals surface area contributed by atoms with Crippen LogP contribution >= 0.6 is 0 Å². The molecule has 1 aromatic carbocycles. The Kier molecular flexibility index (Phi) is 16.0. The molecular weight excluding hydrogens is 708 g/mol. The fraction of sp³-hybridized carbons (Fsp3) is 0.684. The monoisotopic (exact) mass is 765 g/mol. The minimum atomic E-state index is -1.03. The first-order valence-electron chi connectivity index (χ1n) is 18.9. The lowest BCUT2D eigenvalue weighted by Crippen LogP contribution is -2.59. The van der Waals surface area contributed by atoms with Gasteiger partial charge in [-0.2, -0.15) is 0 Å². The number of hydrogen-bond donors (Lipinski definition) is 2. The quantitative estimate of drug-likeness (QED) is 0.231. The maximum absolute atomic E-state index is 14.4. The molecule has 0 unspecified atom stereocenters. The first-order chi connectivity index (χ1) is 25.7. The SMILES string of the molecule is C[C@@H](C(=O)N[C@H](C(=O)N1CCN(C(=O)c2cc3cc(F)c(F)cc3n2CCOCCOCCOCCO)CC1)C1CCCCC1)N(C)C(=O)OC(C)(C)C. The number of halogens is 2. The maximum Gasteiger partial charge on any atom is 0.410 e. The van der Waals surface area contributed by atoms with Gasteiger partial charge in [-0.25, -0.2) is 13.6 Å². The van der Waals surface area contributed by atoms with E-state index in [1.54, 1.807) is 42.1 Å². The number of nitrogens with zero attached hydrogens (tertiary/aromatic N) is 4. The predicted octanol–water partition coefficient (Wildman–Crippen LogP) is 3.57. The molecule has 0 radical (unpaired) electrons. The number of aliphatic hydroxyl groups excluding tert-OH is 1. The molecule has 16 heteroatoms. The first kappa shape index (κ1) is 42.9. The molecule has 4 rings (SSSR count). The highest BCUT2D eigenvalue weighted by atomic mass is 19.2. The van der Waals surface area contributed by atoms with Gasteiger partial charge in [0.05, 0.1) is 51.8 Å². The van der Waals surface area contributed by atoms with Crippen molar-refractivity contribution in [3.05, 3.63) is 35.5 Å². The summed E-state index contributed by atoms with van der Waals surface area (Å²) in [4.78, 5) is 58.7. The summed E-state index contributed by atoms with van der Waals surface area (Å²) >= 11 is 0. The topological polar surface area (TPSA) is 152 Å². The number of ether oxygens (including phenoxy) is 4. The number of fused-ring (bicyclic) bond motifs is 1. The molecule has 1 saturated carbocycles. The van der Waals surface area contributed by atoms with Crippen molar-refractivity contribution < 1.29 is 52.0 Å². The Morgan fingerprint density at radius 1 is 0.870 bits per heavy atom. The van der Waals surface area contributed by atoms with Crippen molar-refractivity contribution in [1.29, 1.82) is 0 Å². The predicted molar refractivity (Wildman–Crippen MR) is 196 cm³/mol. The van der Waals surface area contributed by atoms with Gasteiger partial charge < -0.3 is 43.7 Å². The molecule has 2 aliphatic rings. The van der Waals surface area contributed by atoms with Crippen molar-refractivity contribution in [3.63, 3.8) is 0 Å². The van der Waals surface area contributed by atoms with Crippen LogP contribution in [-0.4, -0.2) is 145 Å². The molecule has 2 atom stereocenters. The van der Waals surface area contributed by atoms with Gasteiger partial charge in [-0.1, -0.05) is 19.3 Å². The standard InChI is InChI=1S/C38H57F2N5O9/c1-26(42(5)37(50)54-38(2,3)4)34(47)41-33(27-9-7-6-8-10-27)36(49)44-13-11-43(12-14-44)35(48)32-24-28-23-29(39)30(40)25-31(28)45(32)15-17-51-19-21-53-22-20-52-18-16-46/h23-27,33,46H,6-22H2,1-5H3,(H,41,47)/t26-,33-/m0/s1. The van der Waals surface area contributed by atoms with E-state index in [0.29, 0.717) is 30.7 Å². The van der Waals surface area contributed by atoms with Crippen molar-refractivity contribution in [1.82, 2.24) is 24.6 Å². The van der Waals surface area contributed by atoms with Crippen LogP contribution < -0.4 is 5.32 Å². The number of aliphatic hydroxyl groups is 1. The van der Waals surface area contributed by atoms with Gasteiger partial charge in [0.15, 0.2) is 11.6 Å². The third-order valence-electron chi connectivity index (χ3n) is 9.81. The fourth-order valence-corrected chi connectivity index (χ4v) is 6.72. The Bertz CT molecular complexity index is 1570. The van der Waals surface area contributed by atoms with Gasteiger partial charge in [0.1, 0.15) is 23.4 Å². The van der Waals surface area contributed by atoms with E-state index in [2.05, 4.69) is 5.32 Å². The van der Waals surface area contributed by atoms with Gasteiger partial charge in [-0.15, -0.1) is 0 Å². The van der Waals surface area contributed by atoms with E-state index in [-0.39, 0.29) is 82.6 Å². The molecule has 1 aromatic heterocycles. The van der Waals surface area contributed by atoms with Crippen LogP contribution in [0.1, 0.15) is 70.3 Å². The van der Waals surface area contributed by atoms with Crippen LogP contribution in [-0.2, 0) is 35.1 Å². The van der Waals surface area contributed by atoms with Crippen LogP contribution in [0.3, 0.4) is 0 Å². The second kappa shape index (κ2) is 20.2. The number of aromatic nitrogens is 1. The van der Waals surface area contributed by atoms with Crippen LogP contribution in [0.5, 0.6) is 0 Å². The molecule has 2 heterocycles. The third-order valence-corrected chi connectivity index (χ3v) is 9.81. The van der Waals surface area contributed by atoms with Crippen molar-refractivity contribution in [3.8, 4) is 0 Å². The summed E-state index contributed by atoms with van der Waals surface area (Å²) in [5, 5.41) is 12.1. The van der Waals surface area contributed by atoms with Gasteiger partial charge in [-0.3, -0.25) is 19.3 Å². The van der Waals surface area contributed by atoms with Crippen molar-refractivity contribution >= 4 is 34.7 Å². The van der Waals surface area contributed by atoms with E-state index in [9.17, 15) is 28.0 Å². The van der Waals surface area contributed by atoms with E-state index in [0.717, 1.165) is 44.2 Å². The average Bonchev–Trinajstić information content (AvgIpc) is 3.49. The molecular formula is C38H57F2N5O9. The summed E-state index contributed by atoms with van der Waals surface area (Å²) in [7, 11) is 1.49. The second-order valence-electron chi connectivity index (χ2n) is 14.8. The molecule has 302 valence electrons. The number of rotatable bonds is 17. The Balaban J connectivity index is 1.40. The number of nitrogens with one attached hydrogen (secondary N) is 1. The van der Waals surface area contributed by atoms with Gasteiger partial charge in [0, 0.05) is 51.2 Å². The summed E-state index contributed by atoms with van der Waals surface area (Å²) in [6.45, 7) is 9.52. The normalized spacial score (nSPS) is 16.7. The lowest BCUT2D eigenvalue weighted by molar-refractivity contribution is -0.140. The lowest BCUT2D eigenvalue weighted by Gasteiger charge is -2.39. The summed E-state index contributed by atoms with van der Waals surface area (Å²) in [6, 6.07) is 2.00. The fourth-order valence-electron chi connectivity index (χ4n) is 6.72. The molecule has 1 aliphatic heterocycles. The number of carbonyl (C=O) groups excluding carboxylic acids is 4. The van der Waals surface area contributed by atoms with Crippen molar-refractivity contribution in [2.45, 2.75) is 84.0 Å². The smallest absolute Gasteiger partial charge is 0.410 e. The van der Waals surface area contributed by atoms with Crippen LogP contribution in [0.15, 0.2) is 18.2 Å². The minimum Gasteiger partial charge on any atom is -0.444 e. The molecule has 1 aliphatic carbocycles. The number of piperazine rings is 1. The van der Waals surface area contributed by atoms with Gasteiger partial charge in [0.2, 0.25) is 11.8 Å². The zero-order valence-electron chi connectivity index (χ0n) is 32.2. The molecule has 2 N–H and O–H groups in total. The van der Waals surface area contributed by atoms with E-state index in [1.165, 1.54) is 18.0 Å². The molecule has 1 saturated heterocycles. The van der Waals surface area contributed by atoms with Crippen LogP contribution in [0.25, 0.3) is 10.9 Å². The van der Waals surface area contributed by atoms with E-state index < -0.39 is 41.3 Å². The van der Waals surface area contributed by atoms with E-state index >= 15 is 0 Å².